The van der Waals surface area contributed by atoms with Crippen LogP contribution in [0.2, 0.25) is 0 Å². The first-order valence-corrected chi connectivity index (χ1v) is 39.3. The van der Waals surface area contributed by atoms with Crippen molar-refractivity contribution in [3.63, 3.8) is 0 Å². The summed E-state index contributed by atoms with van der Waals surface area (Å²) in [7, 11) is 0. The van der Waals surface area contributed by atoms with E-state index in [0.717, 1.165) is 193 Å². The third-order valence-electron chi connectivity index (χ3n) is 22.2. The summed E-state index contributed by atoms with van der Waals surface area (Å²) in [4.78, 5) is 23.2. The summed E-state index contributed by atoms with van der Waals surface area (Å²) in [5, 5.41) is 13.8. The van der Waals surface area contributed by atoms with Crippen LogP contribution in [-0.2, 0) is 0 Å². The highest BCUT2D eigenvalue weighted by Crippen LogP contribution is 2.47. The summed E-state index contributed by atoms with van der Waals surface area (Å²) in [6, 6.07) is 135. The van der Waals surface area contributed by atoms with Gasteiger partial charge in [0.2, 0.25) is 0 Å². The molecular weight excluding hydrogens is 1490 g/mol. The summed E-state index contributed by atoms with van der Waals surface area (Å²) in [5.74, 6) is 1.44. The summed E-state index contributed by atoms with van der Waals surface area (Å²) >= 11 is 3.49. The molecule has 0 aliphatic rings. The smallest absolute Gasteiger partial charge is 0.160 e. The van der Waals surface area contributed by atoms with Crippen LogP contribution in [-0.4, -0.2) is 38.6 Å². The van der Waals surface area contributed by atoms with Crippen molar-refractivity contribution < 1.29 is 8.83 Å². The lowest BCUT2D eigenvalue weighted by atomic mass is 10.1. The molecule has 10 nitrogen and oxygen atoms in total. The Balaban J connectivity index is 0.000000120. The van der Waals surface area contributed by atoms with E-state index in [4.69, 9.17) is 28.8 Å². The van der Waals surface area contributed by atoms with Gasteiger partial charge >= 0.3 is 0 Å². The topological polar surface area (TPSA) is 108 Å². The van der Waals surface area contributed by atoms with E-state index in [1.807, 2.05) is 103 Å². The molecule has 0 fully saturated rings. The van der Waals surface area contributed by atoms with Crippen molar-refractivity contribution in [2.45, 2.75) is 7.43 Å². The van der Waals surface area contributed by atoms with Gasteiger partial charge in [-0.2, -0.15) is 0 Å². The molecule has 0 amide bonds. The van der Waals surface area contributed by atoms with Gasteiger partial charge in [0.25, 0.3) is 0 Å². The highest BCUT2D eigenvalue weighted by Gasteiger charge is 2.25. The number of aromatic nitrogens is 8. The summed E-state index contributed by atoms with van der Waals surface area (Å²) < 4.78 is 22.0. The van der Waals surface area contributed by atoms with Crippen LogP contribution in [0.4, 0.5) is 0 Å². The Morgan fingerprint density at radius 3 is 0.905 bits per heavy atom. The first-order chi connectivity index (χ1) is 57.0. The highest BCUT2D eigenvalue weighted by atomic mass is 79.9. The first kappa shape index (κ1) is 68.9. The SMILES string of the molecule is Brc1ccc(-c2cc(-c3ccccc3)nc(-c3ccccc3)n2)cc1.C.c1ccc(-c2cc(-c3ccc(-n4c5ccccc5c5c6oc7c(ccc8c7c7ccccc7n8-c7ccccc7)c6ccc54)cc3)nc(-c3ccccc3)n2)cc1.c1ccc(-n2c3ccccc3c3c4oc5c(ccc6[nH]c7ccccc7c65)c4ccc32)cc1. The second-order valence-corrected chi connectivity index (χ2v) is 29.8. The van der Waals surface area contributed by atoms with Gasteiger partial charge in [-0.05, 0) is 133 Å². The van der Waals surface area contributed by atoms with Crippen molar-refractivity contribution >= 4 is 147 Å². The lowest BCUT2D eigenvalue weighted by molar-refractivity contribution is 0.676. The van der Waals surface area contributed by atoms with Crippen LogP contribution in [0, 0.1) is 0 Å². The molecule has 0 saturated heterocycles. The average Bonchev–Trinajstić information content (AvgIpc) is 1.55. The van der Waals surface area contributed by atoms with Gasteiger partial charge in [0.05, 0.1) is 82.9 Å². The molecule has 1 N–H and O–H groups in total. The van der Waals surface area contributed by atoms with Crippen molar-refractivity contribution in [1.29, 1.82) is 0 Å². The molecule has 0 saturated carbocycles. The molecule has 0 atom stereocenters. The molecule has 8 heterocycles. The maximum absolute atomic E-state index is 7.13. The van der Waals surface area contributed by atoms with E-state index in [1.165, 1.54) is 21.7 Å². The van der Waals surface area contributed by atoms with E-state index >= 15 is 0 Å². The number of rotatable bonds is 9. The molecule has 11 heteroatoms. The zero-order valence-corrected chi connectivity index (χ0v) is 63.4. The van der Waals surface area contributed by atoms with E-state index < -0.39 is 0 Å². The molecule has 0 radical (unpaired) electrons. The summed E-state index contributed by atoms with van der Waals surface area (Å²) in [6.45, 7) is 0. The number of fused-ring (bicyclic) bond motifs is 22. The van der Waals surface area contributed by atoms with Gasteiger partial charge in [-0.3, -0.25) is 0 Å². The standard InChI is InChI=1S/C52H32N4O.C30H18N2O.C22H15BrN2.CH4/c1-4-14-33(15-5-1)42-32-43(54-52(53-42)35-16-6-2-7-17-35)34-24-26-37(27-25-34)56-45-23-13-11-21-41(45)49-47(56)31-29-39-38-28-30-46-48(50(38)57-51(39)49)40-20-10-12-22-44(40)55(46)36-18-8-3-9-19-36;1-2-8-18(9-3-1)32-25-13-7-5-11-22(25)28-26(32)17-15-20-19-14-16-24-27(29(19)33-30(20)28)21-10-4-6-12-23(21)31-24;23-19-13-11-17(12-14-19)21-15-20(16-7-3-1-4-8-16)24-22(25-21)18-9-5-2-6-10-18;/h1-32H;1-17,31H;1-15H;1H4. The number of hydrogen-bond donors (Lipinski definition) is 1. The number of halogens is 1. The van der Waals surface area contributed by atoms with Crippen LogP contribution in [0.15, 0.2) is 402 Å². The monoisotopic (exact) mass is 1550 g/mol. The van der Waals surface area contributed by atoms with Crippen molar-refractivity contribution in [1.82, 2.24) is 38.6 Å². The number of benzene rings is 16. The molecule has 0 aliphatic carbocycles. The molecule has 548 valence electrons. The summed E-state index contributed by atoms with van der Waals surface area (Å²) in [6.07, 6.45) is 0. The van der Waals surface area contributed by atoms with Gasteiger partial charge in [-0.15, -0.1) is 0 Å². The number of nitrogens with zero attached hydrogens (tertiary/aromatic N) is 7. The number of para-hydroxylation sites is 6. The first-order valence-electron chi connectivity index (χ1n) is 38.5. The Bertz CT molecular complexity index is 7750. The van der Waals surface area contributed by atoms with Crippen LogP contribution in [0.1, 0.15) is 7.43 Å². The minimum Gasteiger partial charge on any atom is -0.455 e. The van der Waals surface area contributed by atoms with Crippen LogP contribution in [0.5, 0.6) is 0 Å². The number of nitrogens with one attached hydrogen (secondary N) is 1. The molecule has 0 spiro atoms. The van der Waals surface area contributed by atoms with Crippen LogP contribution < -0.4 is 0 Å². The lowest BCUT2D eigenvalue weighted by Crippen LogP contribution is -1.97. The quantitative estimate of drug-likeness (QED) is 0.154. The maximum atomic E-state index is 7.13. The van der Waals surface area contributed by atoms with Crippen molar-refractivity contribution in [3.05, 3.63) is 393 Å². The Kier molecular flexibility index (Phi) is 17.0. The number of furan rings is 2. The van der Waals surface area contributed by atoms with Crippen molar-refractivity contribution in [2.24, 2.45) is 0 Å². The van der Waals surface area contributed by atoms with Crippen molar-refractivity contribution in [3.8, 4) is 84.9 Å². The van der Waals surface area contributed by atoms with Gasteiger partial charge in [-0.1, -0.05) is 278 Å². The third kappa shape index (κ3) is 11.7. The Morgan fingerprint density at radius 1 is 0.224 bits per heavy atom. The summed E-state index contributed by atoms with van der Waals surface area (Å²) in [5.41, 5.74) is 26.0. The fraction of sp³-hybridized carbons (Fsp3) is 0.00952. The normalized spacial score (nSPS) is 11.6. The molecule has 116 heavy (non-hydrogen) atoms. The molecule has 16 aromatic carbocycles. The second-order valence-electron chi connectivity index (χ2n) is 28.9. The van der Waals surface area contributed by atoms with Gasteiger partial charge in [0.15, 0.2) is 11.6 Å². The zero-order valence-electron chi connectivity index (χ0n) is 61.8. The van der Waals surface area contributed by atoms with Gasteiger partial charge in [0, 0.05) is 104 Å². The minimum atomic E-state index is 0. The molecule has 0 unspecified atom stereocenters. The van der Waals surface area contributed by atoms with E-state index in [9.17, 15) is 0 Å². The number of H-pyrrole nitrogens is 1. The Labute approximate surface area is 674 Å². The van der Waals surface area contributed by atoms with E-state index in [2.05, 4.69) is 320 Å². The van der Waals surface area contributed by atoms with Gasteiger partial charge < -0.3 is 27.5 Å². The fourth-order valence-corrected chi connectivity index (χ4v) is 17.3. The molecular formula is C105H69BrN8O2. The van der Waals surface area contributed by atoms with Crippen LogP contribution in [0.25, 0.3) is 216 Å². The maximum Gasteiger partial charge on any atom is 0.160 e. The molecule has 0 bridgehead atoms. The van der Waals surface area contributed by atoms with E-state index in [0.29, 0.717) is 5.82 Å². The number of aromatic amines is 1. The molecule has 8 aromatic heterocycles. The predicted octanol–water partition coefficient (Wildman–Crippen LogP) is 28.8. The van der Waals surface area contributed by atoms with Gasteiger partial charge in [-0.25, -0.2) is 19.9 Å². The van der Waals surface area contributed by atoms with Gasteiger partial charge in [0.1, 0.15) is 22.3 Å². The van der Waals surface area contributed by atoms with Crippen LogP contribution >= 0.6 is 15.9 Å². The van der Waals surface area contributed by atoms with E-state index in [1.54, 1.807) is 0 Å². The Hall–Kier alpha value is -15.0. The highest BCUT2D eigenvalue weighted by molar-refractivity contribution is 9.10. The largest absolute Gasteiger partial charge is 0.455 e. The number of hydrogen-bond acceptors (Lipinski definition) is 6. The van der Waals surface area contributed by atoms with E-state index in [-0.39, 0.29) is 7.43 Å². The molecule has 0 aliphatic heterocycles. The zero-order chi connectivity index (χ0) is 76.0. The fourth-order valence-electron chi connectivity index (χ4n) is 17.0. The molecule has 24 rings (SSSR count). The predicted molar refractivity (Wildman–Crippen MR) is 484 cm³/mol. The lowest BCUT2D eigenvalue weighted by Gasteiger charge is -2.11. The molecule has 24 aromatic rings. The third-order valence-corrected chi connectivity index (χ3v) is 22.8. The second kappa shape index (κ2) is 28.6. The van der Waals surface area contributed by atoms with Crippen molar-refractivity contribution in [2.75, 3.05) is 0 Å². The Morgan fingerprint density at radius 2 is 0.517 bits per heavy atom. The van der Waals surface area contributed by atoms with Crippen LogP contribution in [0.3, 0.4) is 0 Å². The minimum absolute atomic E-state index is 0. The average molecular weight is 1550 g/mol.